The first-order chi connectivity index (χ1) is 16.3. The van der Waals surface area contributed by atoms with Gasteiger partial charge in [-0.15, -0.1) is 0 Å². The Hall–Kier alpha value is -2.15. The molecule has 1 aliphatic carbocycles. The van der Waals surface area contributed by atoms with Crippen LogP contribution >= 0.6 is 0 Å². The Morgan fingerprint density at radius 3 is 2.29 bits per heavy atom. The minimum atomic E-state index is -3.48. The monoisotopic (exact) mass is 484 g/mol. The number of rotatable bonds is 12. The first kappa shape index (κ1) is 26.5. The van der Waals surface area contributed by atoms with Gasteiger partial charge in [-0.3, -0.25) is 0 Å². The third-order valence-electron chi connectivity index (χ3n) is 6.67. The third kappa shape index (κ3) is 7.69. The molecule has 2 aromatic rings. The van der Waals surface area contributed by atoms with Gasteiger partial charge in [0.15, 0.2) is 11.6 Å². The van der Waals surface area contributed by atoms with E-state index in [0.29, 0.717) is 11.5 Å². The Kier molecular flexibility index (Phi) is 9.74. The highest BCUT2D eigenvalue weighted by Crippen LogP contribution is 2.39. The van der Waals surface area contributed by atoms with Gasteiger partial charge in [-0.25, -0.2) is 4.39 Å². The van der Waals surface area contributed by atoms with Crippen molar-refractivity contribution in [3.8, 4) is 5.75 Å². The summed E-state index contributed by atoms with van der Waals surface area (Å²) >= 11 is 0. The van der Waals surface area contributed by atoms with Gasteiger partial charge in [-0.1, -0.05) is 62.9 Å². The number of hydrogen-bond acceptors (Lipinski definition) is 2. The third-order valence-corrected chi connectivity index (χ3v) is 6.67. The lowest BCUT2D eigenvalue weighted by Crippen LogP contribution is -2.20. The topological polar surface area (TPSA) is 18.5 Å². The Balaban J connectivity index is 1.48. The van der Waals surface area contributed by atoms with Crippen LogP contribution in [0.1, 0.15) is 80.9 Å². The first-order valence-corrected chi connectivity index (χ1v) is 12.1. The minimum absolute atomic E-state index is 0.00104. The molecule has 0 heterocycles. The lowest BCUT2D eigenvalue weighted by atomic mass is 9.77. The molecule has 7 heteroatoms. The highest BCUT2D eigenvalue weighted by atomic mass is 19.3. The highest BCUT2D eigenvalue weighted by molar-refractivity contribution is 5.30. The number of unbranched alkanes of at least 4 members (excludes halogenated alkanes) is 2. The maximum absolute atomic E-state index is 14.5. The minimum Gasteiger partial charge on any atom is -0.432 e. The van der Waals surface area contributed by atoms with Crippen LogP contribution in [0.3, 0.4) is 0 Å². The van der Waals surface area contributed by atoms with Crippen LogP contribution in [-0.2, 0) is 17.3 Å². The summed E-state index contributed by atoms with van der Waals surface area (Å²) in [7, 11) is 0. The van der Waals surface area contributed by atoms with E-state index in [1.54, 1.807) is 12.1 Å². The number of benzene rings is 2. The Morgan fingerprint density at radius 2 is 1.68 bits per heavy atom. The molecule has 0 N–H and O–H groups in total. The fraction of sp³-hybridized carbons (Fsp3) is 0.556. The van der Waals surface area contributed by atoms with Gasteiger partial charge >= 0.3 is 12.7 Å². The zero-order valence-corrected chi connectivity index (χ0v) is 19.6. The standard InChI is InChI=1S/C27H33F5O2/c1-2-3-4-5-19-6-9-21(10-7-19)22-11-13-23(14-12-22)27(31,32)33-17-16-20-8-15-25(24(28)18-20)34-26(29)30/h8,11-15,18-19,21,26H,2-7,9-10,16-17H2,1H3. The summed E-state index contributed by atoms with van der Waals surface area (Å²) in [6.07, 6.45) is 6.23. The second kappa shape index (κ2) is 12.5. The molecule has 34 heavy (non-hydrogen) atoms. The van der Waals surface area contributed by atoms with Crippen molar-refractivity contribution in [1.29, 1.82) is 0 Å². The molecule has 2 nitrogen and oxygen atoms in total. The molecule has 0 radical (unpaired) electrons. The average molecular weight is 485 g/mol. The van der Waals surface area contributed by atoms with E-state index < -0.39 is 24.3 Å². The van der Waals surface area contributed by atoms with Crippen molar-refractivity contribution in [2.24, 2.45) is 5.92 Å². The average Bonchev–Trinajstić information content (AvgIpc) is 2.81. The molecule has 0 aliphatic heterocycles. The second-order valence-electron chi connectivity index (χ2n) is 9.09. The summed E-state index contributed by atoms with van der Waals surface area (Å²) in [5, 5.41) is 0. The molecule has 0 amide bonds. The van der Waals surface area contributed by atoms with E-state index in [4.69, 9.17) is 4.74 Å². The van der Waals surface area contributed by atoms with Crippen LogP contribution in [0.5, 0.6) is 5.75 Å². The van der Waals surface area contributed by atoms with Gasteiger partial charge in [-0.05, 0) is 67.2 Å². The number of hydrogen-bond donors (Lipinski definition) is 0. The van der Waals surface area contributed by atoms with Gasteiger partial charge in [-0.2, -0.15) is 17.6 Å². The van der Waals surface area contributed by atoms with Crippen molar-refractivity contribution in [2.75, 3.05) is 6.61 Å². The molecule has 3 rings (SSSR count). The van der Waals surface area contributed by atoms with Gasteiger partial charge in [0.25, 0.3) is 0 Å². The summed E-state index contributed by atoms with van der Waals surface area (Å²) in [6.45, 7) is -1.28. The molecule has 0 spiro atoms. The number of halogens is 5. The van der Waals surface area contributed by atoms with Crippen LogP contribution in [0.4, 0.5) is 22.0 Å². The van der Waals surface area contributed by atoms with E-state index in [9.17, 15) is 22.0 Å². The molecule has 0 unspecified atom stereocenters. The summed E-state index contributed by atoms with van der Waals surface area (Å²) in [5.41, 5.74) is 1.21. The molecule has 0 aromatic heterocycles. The molecule has 1 aliphatic rings. The molecule has 0 saturated heterocycles. The van der Waals surface area contributed by atoms with Gasteiger partial charge in [0.1, 0.15) is 0 Å². The van der Waals surface area contributed by atoms with Gasteiger partial charge in [0.2, 0.25) is 0 Å². The molecule has 188 valence electrons. The van der Waals surface area contributed by atoms with Crippen molar-refractivity contribution >= 4 is 0 Å². The smallest absolute Gasteiger partial charge is 0.387 e. The molecule has 1 fully saturated rings. The van der Waals surface area contributed by atoms with Crippen LogP contribution in [-0.4, -0.2) is 13.2 Å². The maximum Gasteiger partial charge on any atom is 0.387 e. The molecular formula is C27H33F5O2. The lowest BCUT2D eigenvalue weighted by Gasteiger charge is -2.29. The van der Waals surface area contributed by atoms with E-state index in [2.05, 4.69) is 11.7 Å². The maximum atomic E-state index is 14.5. The SMILES string of the molecule is CCCCCC1CCC(c2ccc(C(F)(F)OCCc3ccc(OC(F)F)c(F)c3)cc2)CC1. The van der Waals surface area contributed by atoms with Gasteiger partial charge < -0.3 is 9.47 Å². The van der Waals surface area contributed by atoms with Crippen LogP contribution in [0.2, 0.25) is 0 Å². The summed E-state index contributed by atoms with van der Waals surface area (Å²) < 4.78 is 76.0. The first-order valence-electron chi connectivity index (χ1n) is 12.1. The summed E-state index contributed by atoms with van der Waals surface area (Å²) in [6, 6.07) is 9.74. The zero-order chi connectivity index (χ0) is 24.6. The molecule has 0 atom stereocenters. The number of ether oxygens (including phenoxy) is 2. The van der Waals surface area contributed by atoms with Crippen molar-refractivity contribution < 1.29 is 31.4 Å². The van der Waals surface area contributed by atoms with Crippen molar-refractivity contribution in [2.45, 2.75) is 83.3 Å². The van der Waals surface area contributed by atoms with Crippen LogP contribution in [0.15, 0.2) is 42.5 Å². The summed E-state index contributed by atoms with van der Waals surface area (Å²) in [4.78, 5) is 0. The van der Waals surface area contributed by atoms with E-state index >= 15 is 0 Å². The second-order valence-corrected chi connectivity index (χ2v) is 9.09. The number of alkyl halides is 4. The predicted octanol–water partition coefficient (Wildman–Crippen LogP) is 8.59. The fourth-order valence-corrected chi connectivity index (χ4v) is 4.69. The van der Waals surface area contributed by atoms with E-state index in [1.165, 1.54) is 56.7 Å². The predicted molar refractivity (Wildman–Crippen MR) is 122 cm³/mol. The normalized spacial score (nSPS) is 18.9. The van der Waals surface area contributed by atoms with Crippen LogP contribution < -0.4 is 4.74 Å². The van der Waals surface area contributed by atoms with E-state index in [1.807, 2.05) is 0 Å². The van der Waals surface area contributed by atoms with E-state index in [0.717, 1.165) is 36.5 Å². The lowest BCUT2D eigenvalue weighted by molar-refractivity contribution is -0.248. The van der Waals surface area contributed by atoms with Crippen molar-refractivity contribution in [3.05, 3.63) is 65.0 Å². The zero-order valence-electron chi connectivity index (χ0n) is 19.6. The van der Waals surface area contributed by atoms with Crippen LogP contribution in [0, 0.1) is 11.7 Å². The highest BCUT2D eigenvalue weighted by Gasteiger charge is 2.33. The molecule has 1 saturated carbocycles. The van der Waals surface area contributed by atoms with Gasteiger partial charge in [0.05, 0.1) is 12.2 Å². The Labute approximate surface area is 198 Å². The van der Waals surface area contributed by atoms with E-state index in [-0.39, 0.29) is 18.6 Å². The van der Waals surface area contributed by atoms with Gasteiger partial charge in [0, 0.05) is 0 Å². The Morgan fingerprint density at radius 1 is 0.971 bits per heavy atom. The Bertz CT molecular complexity index is 877. The van der Waals surface area contributed by atoms with Crippen LogP contribution in [0.25, 0.3) is 0 Å². The van der Waals surface area contributed by atoms with Crippen molar-refractivity contribution in [3.63, 3.8) is 0 Å². The molecule has 2 aromatic carbocycles. The largest absolute Gasteiger partial charge is 0.432 e. The molecule has 0 bridgehead atoms. The summed E-state index contributed by atoms with van der Waals surface area (Å²) in [5.74, 6) is -0.357. The quantitative estimate of drug-likeness (QED) is 0.222. The molecular weight excluding hydrogens is 451 g/mol. The van der Waals surface area contributed by atoms with Crippen molar-refractivity contribution in [1.82, 2.24) is 0 Å². The fourth-order valence-electron chi connectivity index (χ4n) is 4.69.